The first-order valence-corrected chi connectivity index (χ1v) is 11.8. The highest BCUT2D eigenvalue weighted by Gasteiger charge is 2.37. The lowest BCUT2D eigenvalue weighted by Gasteiger charge is -2.24. The van der Waals surface area contributed by atoms with Gasteiger partial charge in [0.1, 0.15) is 0 Å². The third kappa shape index (κ3) is 4.91. The molecule has 0 saturated heterocycles. The maximum atomic E-state index is 13.2. The average Bonchev–Trinajstić information content (AvgIpc) is 2.74. The molecule has 0 heterocycles. The molecule has 3 aromatic rings. The lowest BCUT2D eigenvalue weighted by molar-refractivity contribution is 0.163. The molecule has 0 saturated carbocycles. The molecule has 3 rings (SSSR count). The summed E-state index contributed by atoms with van der Waals surface area (Å²) in [6, 6.07) is 23.6. The topological polar surface area (TPSA) is 91.8 Å². The molecule has 0 fully saturated rings. The summed E-state index contributed by atoms with van der Waals surface area (Å²) >= 11 is 0. The van der Waals surface area contributed by atoms with Crippen LogP contribution >= 0.6 is 0 Å². The van der Waals surface area contributed by atoms with E-state index in [4.69, 9.17) is 0 Å². The van der Waals surface area contributed by atoms with Crippen LogP contribution in [0.3, 0.4) is 0 Å². The van der Waals surface area contributed by atoms with Gasteiger partial charge in [0, 0.05) is 0 Å². The minimum atomic E-state index is -4.41. The largest absolute Gasteiger partial charge is 0.391 e. The Bertz CT molecular complexity index is 1060. The second kappa shape index (κ2) is 8.87. The summed E-state index contributed by atoms with van der Waals surface area (Å²) in [6.07, 6.45) is -1.10. The molecule has 0 aliphatic carbocycles. The lowest BCUT2D eigenvalue weighted by atomic mass is 10.1. The van der Waals surface area contributed by atoms with Gasteiger partial charge >= 0.3 is 0 Å². The predicted molar refractivity (Wildman–Crippen MR) is 110 cm³/mol. The first-order valence-electron chi connectivity index (χ1n) is 8.92. The summed E-state index contributed by atoms with van der Waals surface area (Å²) in [7, 11) is -8.82. The molecule has 6 nitrogen and oxygen atoms in total. The van der Waals surface area contributed by atoms with E-state index in [1.807, 2.05) is 6.07 Å². The molecule has 3 aromatic carbocycles. The molecule has 1 atom stereocenters. The van der Waals surface area contributed by atoms with Crippen LogP contribution in [0.1, 0.15) is 5.56 Å². The molecule has 0 aromatic heterocycles. The van der Waals surface area contributed by atoms with Crippen molar-refractivity contribution in [3.63, 3.8) is 0 Å². The summed E-state index contributed by atoms with van der Waals surface area (Å²) in [6.45, 7) is -0.594. The maximum Gasteiger partial charge on any atom is 0.256 e. The summed E-state index contributed by atoms with van der Waals surface area (Å²) in [4.78, 5) is -0.321. The minimum absolute atomic E-state index is 0.117. The predicted octanol–water partition coefficient (Wildman–Crippen LogP) is 2.67. The molecular weight excluding hydrogens is 410 g/mol. The fourth-order valence-electron chi connectivity index (χ4n) is 2.87. The second-order valence-electron chi connectivity index (χ2n) is 6.44. The summed E-state index contributed by atoms with van der Waals surface area (Å²) in [5, 5.41) is 10.5. The second-order valence-corrected chi connectivity index (χ2v) is 10.4. The fraction of sp³-hybridized carbons (Fsp3) is 0.143. The molecule has 0 aliphatic rings. The van der Waals surface area contributed by atoms with E-state index >= 15 is 0 Å². The Kier molecular flexibility index (Phi) is 6.49. The summed E-state index contributed by atoms with van der Waals surface area (Å²) in [5.41, 5.74) is 0.772. The van der Waals surface area contributed by atoms with Gasteiger partial charge in [-0.2, -0.15) is 0 Å². The van der Waals surface area contributed by atoms with Crippen LogP contribution in [0.15, 0.2) is 101 Å². The van der Waals surface area contributed by atoms with E-state index in [0.717, 1.165) is 5.56 Å². The monoisotopic (exact) mass is 431 g/mol. The zero-order valence-electron chi connectivity index (χ0n) is 15.5. The molecule has 0 bridgehead atoms. The van der Waals surface area contributed by atoms with E-state index in [0.29, 0.717) is 3.71 Å². The number of hydrogen-bond donors (Lipinski definition) is 1. The molecule has 152 valence electrons. The smallest absolute Gasteiger partial charge is 0.256 e. The maximum absolute atomic E-state index is 13.2. The Balaban J connectivity index is 2.00. The molecule has 1 N–H and O–H groups in total. The zero-order valence-corrected chi connectivity index (χ0v) is 17.1. The van der Waals surface area contributed by atoms with Crippen LogP contribution in [-0.2, 0) is 26.5 Å². The van der Waals surface area contributed by atoms with Gasteiger partial charge in [-0.25, -0.2) is 16.8 Å². The van der Waals surface area contributed by atoms with Crippen LogP contribution in [-0.4, -0.2) is 38.3 Å². The van der Waals surface area contributed by atoms with Crippen LogP contribution in [0.25, 0.3) is 0 Å². The molecular formula is C21H21NO5S2. The van der Waals surface area contributed by atoms with Gasteiger partial charge in [-0.1, -0.05) is 70.4 Å². The van der Waals surface area contributed by atoms with Gasteiger partial charge in [0.2, 0.25) is 0 Å². The Hall–Kier alpha value is -2.52. The highest BCUT2D eigenvalue weighted by atomic mass is 32.3. The number of aliphatic hydroxyl groups is 1. The molecule has 8 heteroatoms. The van der Waals surface area contributed by atoms with Gasteiger partial charge in [-0.15, -0.1) is 0 Å². The summed E-state index contributed by atoms with van der Waals surface area (Å²) in [5.74, 6) is 0. The zero-order chi connectivity index (χ0) is 20.9. The van der Waals surface area contributed by atoms with Gasteiger partial charge in [0.15, 0.2) is 0 Å². The van der Waals surface area contributed by atoms with Crippen molar-refractivity contribution in [2.45, 2.75) is 22.3 Å². The first kappa shape index (κ1) is 21.2. The molecule has 1 unspecified atom stereocenters. The number of nitrogens with zero attached hydrogens (tertiary/aromatic N) is 1. The van der Waals surface area contributed by atoms with Crippen molar-refractivity contribution in [2.75, 3.05) is 6.54 Å². The van der Waals surface area contributed by atoms with E-state index in [1.165, 1.54) is 48.5 Å². The van der Waals surface area contributed by atoms with Gasteiger partial charge < -0.3 is 5.11 Å². The summed E-state index contributed by atoms with van der Waals surface area (Å²) < 4.78 is 53.1. The van der Waals surface area contributed by atoms with Crippen molar-refractivity contribution in [3.05, 3.63) is 96.6 Å². The molecule has 0 radical (unpaired) electrons. The van der Waals surface area contributed by atoms with Crippen LogP contribution in [0.5, 0.6) is 0 Å². The third-order valence-corrected chi connectivity index (χ3v) is 8.58. The van der Waals surface area contributed by atoms with Gasteiger partial charge in [0.25, 0.3) is 20.0 Å². The molecule has 0 aliphatic heterocycles. The van der Waals surface area contributed by atoms with Crippen LogP contribution in [0.2, 0.25) is 0 Å². The van der Waals surface area contributed by atoms with Crippen LogP contribution < -0.4 is 0 Å². The van der Waals surface area contributed by atoms with E-state index in [9.17, 15) is 21.9 Å². The Morgan fingerprint density at radius 3 is 1.45 bits per heavy atom. The standard InChI is InChI=1S/C21H21NO5S2/c23-19(16-18-10-4-1-5-11-18)17-22(28(24,25)20-12-6-2-7-13-20)29(26,27)21-14-8-3-9-15-21/h1-15,19,23H,16-17H2. The highest BCUT2D eigenvalue weighted by molar-refractivity contribution is 8.04. The fourth-order valence-corrected chi connectivity index (χ4v) is 6.63. The van der Waals surface area contributed by atoms with E-state index in [2.05, 4.69) is 0 Å². The minimum Gasteiger partial charge on any atom is -0.391 e. The van der Waals surface area contributed by atoms with E-state index < -0.39 is 32.7 Å². The molecule has 0 spiro atoms. The third-order valence-electron chi connectivity index (χ3n) is 4.29. The Morgan fingerprint density at radius 1 is 0.655 bits per heavy atom. The number of rotatable bonds is 8. The van der Waals surface area contributed by atoms with Crippen molar-refractivity contribution in [3.8, 4) is 0 Å². The normalized spacial score (nSPS) is 13.3. The number of hydrogen-bond acceptors (Lipinski definition) is 5. The quantitative estimate of drug-likeness (QED) is 0.592. The van der Waals surface area contributed by atoms with Gasteiger partial charge in [-0.3, -0.25) is 0 Å². The van der Waals surface area contributed by atoms with E-state index in [1.54, 1.807) is 36.4 Å². The SMILES string of the molecule is O=S(=O)(c1ccccc1)N(CC(O)Cc1ccccc1)S(=O)(=O)c1ccccc1. The van der Waals surface area contributed by atoms with Crippen molar-refractivity contribution < 1.29 is 21.9 Å². The van der Waals surface area contributed by atoms with Gasteiger partial charge in [-0.05, 0) is 36.2 Å². The number of sulfonamides is 2. The lowest BCUT2D eigenvalue weighted by Crippen LogP contribution is -2.42. The first-order chi connectivity index (χ1) is 13.8. The van der Waals surface area contributed by atoms with Crippen molar-refractivity contribution in [2.24, 2.45) is 0 Å². The Labute approximate surface area is 171 Å². The van der Waals surface area contributed by atoms with Crippen LogP contribution in [0, 0.1) is 0 Å². The number of benzene rings is 3. The van der Waals surface area contributed by atoms with Crippen LogP contribution in [0.4, 0.5) is 0 Å². The average molecular weight is 432 g/mol. The van der Waals surface area contributed by atoms with Crippen molar-refractivity contribution >= 4 is 20.0 Å². The van der Waals surface area contributed by atoms with Gasteiger partial charge in [0.05, 0.1) is 22.4 Å². The molecule has 29 heavy (non-hydrogen) atoms. The van der Waals surface area contributed by atoms with Crippen molar-refractivity contribution in [1.82, 2.24) is 3.71 Å². The van der Waals surface area contributed by atoms with Crippen molar-refractivity contribution in [1.29, 1.82) is 0 Å². The molecule has 0 amide bonds. The Morgan fingerprint density at radius 2 is 1.03 bits per heavy atom. The number of aliphatic hydroxyl groups excluding tert-OH is 1. The van der Waals surface area contributed by atoms with E-state index in [-0.39, 0.29) is 16.2 Å². The highest BCUT2D eigenvalue weighted by Crippen LogP contribution is 2.25.